The van der Waals surface area contributed by atoms with E-state index >= 15 is 0 Å². The highest BCUT2D eigenvalue weighted by atomic mass is 16.4. The average molecular weight is 723 g/mol. The van der Waals surface area contributed by atoms with Gasteiger partial charge < -0.3 is 64.4 Å². The number of nitrogens with one attached hydrogen (secondary N) is 6. The van der Waals surface area contributed by atoms with Crippen molar-refractivity contribution < 1.29 is 48.9 Å². The average Bonchev–Trinajstić information content (AvgIpc) is 3.08. The van der Waals surface area contributed by atoms with Crippen LogP contribution < -0.4 is 49.1 Å². The van der Waals surface area contributed by atoms with E-state index in [2.05, 4.69) is 36.9 Å². The molecule has 20 nitrogen and oxygen atoms in total. The molecule has 0 fully saturated rings. The van der Waals surface area contributed by atoms with Crippen molar-refractivity contribution in [1.29, 1.82) is 0 Å². The number of guanidine groups is 1. The Morgan fingerprint density at radius 2 is 1.27 bits per heavy atom. The Morgan fingerprint density at radius 1 is 0.725 bits per heavy atom. The number of hydrogen-bond acceptors (Lipinski definition) is 11. The van der Waals surface area contributed by atoms with Gasteiger partial charge in [-0.3, -0.25) is 33.8 Å². The maximum atomic E-state index is 13.2. The third-order valence-corrected chi connectivity index (χ3v) is 7.05. The Bertz CT molecular complexity index is 1360. The summed E-state index contributed by atoms with van der Waals surface area (Å²) in [4.78, 5) is 91.7. The number of aliphatic hydroxyl groups is 2. The molecule has 0 aliphatic carbocycles. The van der Waals surface area contributed by atoms with Gasteiger partial charge >= 0.3 is 5.97 Å². The summed E-state index contributed by atoms with van der Waals surface area (Å²) < 4.78 is 0. The number of carbonyl (C=O) groups excluding carboxylic acids is 6. The van der Waals surface area contributed by atoms with Crippen LogP contribution in [0.1, 0.15) is 38.7 Å². The van der Waals surface area contributed by atoms with E-state index < -0.39 is 97.9 Å². The van der Waals surface area contributed by atoms with Crippen molar-refractivity contribution in [2.24, 2.45) is 28.1 Å². The molecule has 0 saturated heterocycles. The van der Waals surface area contributed by atoms with Crippen LogP contribution in [-0.2, 0) is 40.0 Å². The summed E-state index contributed by atoms with van der Waals surface area (Å²) in [5.74, 6) is -6.59. The fraction of sp³-hybridized carbons (Fsp3) is 0.548. The molecule has 0 aliphatic heterocycles. The van der Waals surface area contributed by atoms with Crippen molar-refractivity contribution in [1.82, 2.24) is 31.9 Å². The zero-order valence-corrected chi connectivity index (χ0v) is 28.6. The van der Waals surface area contributed by atoms with Gasteiger partial charge in [-0.25, -0.2) is 4.79 Å². The Labute approximate surface area is 294 Å². The number of aliphatic carboxylic acids is 1. The minimum absolute atomic E-state index is 0.0464. The molecule has 0 aliphatic rings. The van der Waals surface area contributed by atoms with Crippen molar-refractivity contribution in [2.75, 3.05) is 32.8 Å². The third-order valence-electron chi connectivity index (χ3n) is 7.05. The van der Waals surface area contributed by atoms with Crippen molar-refractivity contribution in [3.8, 4) is 0 Å². The number of aliphatic hydroxyl groups excluding tert-OH is 2. The number of carbonyl (C=O) groups is 7. The standard InChI is InChI=1S/C31H50N10O10/c1-17(2)11-21(38-24(44)13-36-26(46)19(32)15-42)27(47)37-14-25(45)39-23(16-43)29(49)40-20(9-6-10-35-31(33)34)28(48)41-22(30(50)51)12-18-7-4-3-5-8-18/h3-5,7-8,17,19-23,42-43H,6,9-16,32H2,1-2H3,(H,36,46)(H,37,47)(H,38,44)(H,39,45)(H,40,49)(H,41,48)(H,50,51)(H4,33,34,35)/t19-,20-,21-,22-,23-/m0/s1. The molecule has 0 unspecified atom stereocenters. The first kappa shape index (κ1) is 43.7. The molecule has 1 aromatic carbocycles. The van der Waals surface area contributed by atoms with Crippen LogP contribution in [0.4, 0.5) is 0 Å². The van der Waals surface area contributed by atoms with Crippen LogP contribution in [-0.4, -0.2) is 126 Å². The fourth-order valence-electron chi connectivity index (χ4n) is 4.43. The molecular weight excluding hydrogens is 672 g/mol. The monoisotopic (exact) mass is 722 g/mol. The number of benzene rings is 1. The first-order valence-electron chi connectivity index (χ1n) is 16.1. The van der Waals surface area contributed by atoms with Crippen LogP contribution >= 0.6 is 0 Å². The lowest BCUT2D eigenvalue weighted by molar-refractivity contribution is -0.142. The molecule has 0 radical (unpaired) electrons. The highest BCUT2D eigenvalue weighted by Crippen LogP contribution is 2.07. The van der Waals surface area contributed by atoms with Gasteiger partial charge in [0, 0.05) is 13.0 Å². The smallest absolute Gasteiger partial charge is 0.326 e. The predicted octanol–water partition coefficient (Wildman–Crippen LogP) is -5.10. The van der Waals surface area contributed by atoms with Crippen molar-refractivity contribution in [3.05, 3.63) is 35.9 Å². The topological polar surface area (TPSA) is 343 Å². The van der Waals surface area contributed by atoms with E-state index in [-0.39, 0.29) is 44.1 Å². The van der Waals surface area contributed by atoms with Gasteiger partial charge in [0.05, 0.1) is 26.3 Å². The van der Waals surface area contributed by atoms with Crippen molar-refractivity contribution >= 4 is 47.4 Å². The molecule has 1 aromatic rings. The van der Waals surface area contributed by atoms with Gasteiger partial charge in [0.2, 0.25) is 35.4 Å². The van der Waals surface area contributed by atoms with Crippen LogP contribution in [0.5, 0.6) is 0 Å². The van der Waals surface area contributed by atoms with E-state index in [0.717, 1.165) is 0 Å². The summed E-state index contributed by atoms with van der Waals surface area (Å²) in [6, 6.07) is 1.96. The summed E-state index contributed by atoms with van der Waals surface area (Å²) in [6.45, 7) is 0.912. The quantitative estimate of drug-likeness (QED) is 0.0286. The maximum absolute atomic E-state index is 13.2. The summed E-state index contributed by atoms with van der Waals surface area (Å²) in [6.07, 6.45) is 0.251. The van der Waals surface area contributed by atoms with E-state index in [9.17, 15) is 43.8 Å². The normalized spacial score (nSPS) is 13.7. The molecule has 20 heteroatoms. The lowest BCUT2D eigenvalue weighted by atomic mass is 10.0. The van der Waals surface area contributed by atoms with Crippen molar-refractivity contribution in [3.63, 3.8) is 0 Å². The van der Waals surface area contributed by atoms with Gasteiger partial charge in [0.25, 0.3) is 0 Å². The molecule has 1 rings (SSSR count). The highest BCUT2D eigenvalue weighted by Gasteiger charge is 2.30. The van der Waals surface area contributed by atoms with Gasteiger partial charge in [-0.15, -0.1) is 0 Å². The number of carboxylic acid groups (broad SMARTS) is 1. The van der Waals surface area contributed by atoms with E-state index in [1.165, 1.54) is 0 Å². The predicted molar refractivity (Wildman–Crippen MR) is 183 cm³/mol. The van der Waals surface area contributed by atoms with Gasteiger partial charge in [-0.1, -0.05) is 44.2 Å². The highest BCUT2D eigenvalue weighted by molar-refractivity contribution is 5.95. The Kier molecular flexibility index (Phi) is 19.8. The molecule has 5 atom stereocenters. The summed E-state index contributed by atoms with van der Waals surface area (Å²) in [5, 5.41) is 42.6. The molecule has 0 spiro atoms. The lowest BCUT2D eigenvalue weighted by Gasteiger charge is -2.24. The molecule has 0 aromatic heterocycles. The molecule has 6 amide bonds. The molecule has 284 valence electrons. The van der Waals surface area contributed by atoms with Gasteiger partial charge in [0.15, 0.2) is 5.96 Å². The SMILES string of the molecule is CC(C)C[C@H](NC(=O)CNC(=O)[C@@H](N)CO)C(=O)NCC(=O)N[C@@H](CO)C(=O)N[C@@H](CCCN=C(N)N)C(=O)N[C@@H](Cc1ccccc1)C(=O)O. The molecular formula is C31H50N10O10. The fourth-order valence-corrected chi connectivity index (χ4v) is 4.43. The van der Waals surface area contributed by atoms with Gasteiger partial charge in [-0.05, 0) is 30.7 Å². The van der Waals surface area contributed by atoms with Crippen LogP contribution in [0, 0.1) is 5.92 Å². The molecule has 51 heavy (non-hydrogen) atoms. The Balaban J connectivity index is 2.90. The van der Waals surface area contributed by atoms with E-state index in [1.807, 2.05) is 0 Å². The largest absolute Gasteiger partial charge is 0.480 e. The van der Waals surface area contributed by atoms with Gasteiger partial charge in [0.1, 0.15) is 30.2 Å². The zero-order valence-electron chi connectivity index (χ0n) is 28.6. The number of hydrogen-bond donors (Lipinski definition) is 12. The number of rotatable bonds is 23. The summed E-state index contributed by atoms with van der Waals surface area (Å²) >= 11 is 0. The second kappa shape index (κ2) is 23.1. The van der Waals surface area contributed by atoms with Crippen LogP contribution in [0.2, 0.25) is 0 Å². The number of amides is 6. The molecule has 0 saturated carbocycles. The Morgan fingerprint density at radius 3 is 1.80 bits per heavy atom. The second-order valence-electron chi connectivity index (χ2n) is 11.9. The second-order valence-corrected chi connectivity index (χ2v) is 11.9. The van der Waals surface area contributed by atoms with Gasteiger partial charge in [-0.2, -0.15) is 0 Å². The minimum atomic E-state index is -1.58. The summed E-state index contributed by atoms with van der Waals surface area (Å²) in [5.41, 5.74) is 16.7. The molecule has 15 N–H and O–H groups in total. The molecule has 0 bridgehead atoms. The summed E-state index contributed by atoms with van der Waals surface area (Å²) in [7, 11) is 0. The first-order chi connectivity index (χ1) is 24.1. The number of nitrogens with two attached hydrogens (primary N) is 3. The first-order valence-corrected chi connectivity index (χ1v) is 16.1. The maximum Gasteiger partial charge on any atom is 0.326 e. The zero-order chi connectivity index (χ0) is 38.5. The number of nitrogens with zero attached hydrogens (tertiary/aromatic N) is 1. The van der Waals surface area contributed by atoms with Crippen LogP contribution in [0.25, 0.3) is 0 Å². The minimum Gasteiger partial charge on any atom is -0.480 e. The van der Waals surface area contributed by atoms with E-state index in [1.54, 1.807) is 44.2 Å². The number of carboxylic acids is 1. The van der Waals surface area contributed by atoms with E-state index in [0.29, 0.717) is 5.56 Å². The van der Waals surface area contributed by atoms with Crippen LogP contribution in [0.15, 0.2) is 35.3 Å². The van der Waals surface area contributed by atoms with Crippen molar-refractivity contribution in [2.45, 2.75) is 69.7 Å². The lowest BCUT2D eigenvalue weighted by Crippen LogP contribution is -2.58. The van der Waals surface area contributed by atoms with Crippen LogP contribution in [0.3, 0.4) is 0 Å². The number of aliphatic imine (C=N–C) groups is 1. The third kappa shape index (κ3) is 17.8. The Hall–Kier alpha value is -5.34. The van der Waals surface area contributed by atoms with E-state index in [4.69, 9.17) is 22.3 Å². The molecule has 0 heterocycles.